The molecule has 0 fully saturated rings. The number of allylic oxidation sites excluding steroid dienone is 1. The zero-order chi connectivity index (χ0) is 32.8. The van der Waals surface area contributed by atoms with Crippen LogP contribution in [-0.2, 0) is 6.42 Å². The lowest BCUT2D eigenvalue weighted by molar-refractivity contribution is 0.823. The molecule has 234 valence electrons. The number of fused-ring (bicyclic) bond motifs is 12. The number of aryl methyl sites for hydroxylation is 1. The lowest BCUT2D eigenvalue weighted by atomic mass is 9.91. The van der Waals surface area contributed by atoms with Crippen LogP contribution in [0, 0.1) is 0 Å². The maximum absolute atomic E-state index is 2.55. The Morgan fingerprint density at radius 2 is 0.900 bits per heavy atom. The topological polar surface area (TPSA) is 4.41 Å². The van der Waals surface area contributed by atoms with Crippen LogP contribution in [0.1, 0.15) is 24.1 Å². The summed E-state index contributed by atoms with van der Waals surface area (Å²) in [7, 11) is 0. The monoisotopic (exact) mass is 635 g/mol. The molecule has 0 bridgehead atoms. The second-order valence-corrected chi connectivity index (χ2v) is 13.9. The van der Waals surface area contributed by atoms with E-state index in [-0.39, 0.29) is 0 Å². The van der Waals surface area contributed by atoms with Gasteiger partial charge in [0.2, 0.25) is 0 Å². The Balaban J connectivity index is 1.05. The summed E-state index contributed by atoms with van der Waals surface area (Å²) < 4.78 is 2.55. The summed E-state index contributed by atoms with van der Waals surface area (Å²) in [5.74, 6) is 0. The Hall–Kier alpha value is -6.18. The summed E-state index contributed by atoms with van der Waals surface area (Å²) in [4.78, 5) is 0. The highest BCUT2D eigenvalue weighted by Gasteiger charge is 2.22. The van der Waals surface area contributed by atoms with Gasteiger partial charge in [0.1, 0.15) is 0 Å². The fourth-order valence-electron chi connectivity index (χ4n) is 8.89. The van der Waals surface area contributed by atoms with Crippen molar-refractivity contribution < 1.29 is 0 Å². The minimum absolute atomic E-state index is 1.11. The molecule has 1 aliphatic carbocycles. The number of hydrogen-bond donors (Lipinski definition) is 0. The molecule has 1 heteroatoms. The minimum Gasteiger partial charge on any atom is -0.312 e. The van der Waals surface area contributed by atoms with Gasteiger partial charge in [0.25, 0.3) is 0 Å². The van der Waals surface area contributed by atoms with Crippen LogP contribution in [0.25, 0.3) is 99.0 Å². The Morgan fingerprint density at radius 1 is 0.380 bits per heavy atom. The van der Waals surface area contributed by atoms with Gasteiger partial charge in [-0.1, -0.05) is 127 Å². The van der Waals surface area contributed by atoms with E-state index in [9.17, 15) is 0 Å². The second kappa shape index (κ2) is 10.7. The van der Waals surface area contributed by atoms with Crippen LogP contribution in [0.3, 0.4) is 0 Å². The summed E-state index contributed by atoms with van der Waals surface area (Å²) in [5, 5.41) is 11.9. The third-order valence-corrected chi connectivity index (χ3v) is 11.2. The minimum atomic E-state index is 1.11. The number of aromatic nitrogens is 1. The lowest BCUT2D eigenvalue weighted by Gasteiger charge is -2.13. The van der Waals surface area contributed by atoms with E-state index in [1.165, 1.54) is 111 Å². The molecule has 0 amide bonds. The van der Waals surface area contributed by atoms with Gasteiger partial charge in [0, 0.05) is 27.4 Å². The van der Waals surface area contributed by atoms with E-state index in [1.807, 2.05) is 0 Å². The molecule has 0 saturated carbocycles. The van der Waals surface area contributed by atoms with Crippen LogP contribution in [0.4, 0.5) is 0 Å². The summed E-state index contributed by atoms with van der Waals surface area (Å²) in [6, 6.07) is 56.6. The third kappa shape index (κ3) is 4.01. The second-order valence-electron chi connectivity index (χ2n) is 13.9. The van der Waals surface area contributed by atoms with E-state index in [2.05, 4.69) is 168 Å². The van der Waals surface area contributed by atoms with Crippen LogP contribution >= 0.6 is 0 Å². The van der Waals surface area contributed by atoms with Crippen molar-refractivity contribution in [3.05, 3.63) is 169 Å². The zero-order valence-corrected chi connectivity index (χ0v) is 27.7. The maximum Gasteiger partial charge on any atom is 0.0617 e. The number of rotatable bonds is 3. The highest BCUT2D eigenvalue weighted by Crippen LogP contribution is 2.43. The summed E-state index contributed by atoms with van der Waals surface area (Å²) >= 11 is 0. The van der Waals surface area contributed by atoms with Crippen molar-refractivity contribution in [2.45, 2.75) is 19.3 Å². The molecule has 50 heavy (non-hydrogen) atoms. The van der Waals surface area contributed by atoms with E-state index in [1.54, 1.807) is 0 Å². The molecule has 2 aromatic heterocycles. The summed E-state index contributed by atoms with van der Waals surface area (Å²) in [5.41, 5.74) is 13.0. The molecule has 8 aromatic carbocycles. The molecular weight excluding hydrogens is 603 g/mol. The first-order chi connectivity index (χ1) is 24.8. The van der Waals surface area contributed by atoms with Crippen molar-refractivity contribution >= 4 is 65.6 Å². The molecule has 11 rings (SSSR count). The third-order valence-electron chi connectivity index (χ3n) is 11.2. The number of nitrogens with zero attached hydrogens (tertiary/aromatic N) is 1. The molecule has 0 atom stereocenters. The Kier molecular flexibility index (Phi) is 5.91. The van der Waals surface area contributed by atoms with Gasteiger partial charge in [-0.3, -0.25) is 0 Å². The number of benzene rings is 8. The molecular formula is C49H33N. The molecule has 1 nitrogen and oxygen atoms in total. The molecule has 0 unspecified atom stereocenters. The van der Waals surface area contributed by atoms with Crippen molar-refractivity contribution in [1.82, 2.24) is 4.40 Å². The van der Waals surface area contributed by atoms with Gasteiger partial charge >= 0.3 is 0 Å². The van der Waals surface area contributed by atoms with Gasteiger partial charge in [-0.25, -0.2) is 0 Å². The Morgan fingerprint density at radius 3 is 1.58 bits per heavy atom. The molecule has 2 heterocycles. The standard InChI is InChI=1S/C49H33N/c1-2-20-42-45-29-36(30-46-43-21-8-9-23-48(43)50(49(45)46)47(42)22-3-1)34-15-11-13-32(27-34)31-12-10-14-33(26-31)35-24-25-41-39-18-5-4-16-37(39)38-17-6-7-19-40(38)44(41)28-35/h2,4-21,23-30H,1,3,22H2. The van der Waals surface area contributed by atoms with Crippen LogP contribution in [0.5, 0.6) is 0 Å². The summed E-state index contributed by atoms with van der Waals surface area (Å²) in [6.07, 6.45) is 8.18. The molecule has 0 saturated heterocycles. The van der Waals surface area contributed by atoms with Gasteiger partial charge in [0.15, 0.2) is 0 Å². The Bertz CT molecular complexity index is 2970. The highest BCUT2D eigenvalue weighted by molar-refractivity contribution is 6.26. The normalized spacial score (nSPS) is 13.3. The zero-order valence-electron chi connectivity index (χ0n) is 27.7. The summed E-state index contributed by atoms with van der Waals surface area (Å²) in [6.45, 7) is 0. The van der Waals surface area contributed by atoms with Crippen molar-refractivity contribution in [1.29, 1.82) is 0 Å². The van der Waals surface area contributed by atoms with E-state index in [0.29, 0.717) is 0 Å². The average Bonchev–Trinajstić information content (AvgIpc) is 3.56. The highest BCUT2D eigenvalue weighted by atomic mass is 14.9. The first-order valence-corrected chi connectivity index (χ1v) is 17.8. The molecule has 1 aliphatic rings. The van der Waals surface area contributed by atoms with Crippen LogP contribution in [-0.4, -0.2) is 4.40 Å². The number of hydrogen-bond acceptors (Lipinski definition) is 0. The first kappa shape index (κ1) is 27.7. The van der Waals surface area contributed by atoms with Crippen LogP contribution in [0.2, 0.25) is 0 Å². The van der Waals surface area contributed by atoms with E-state index in [4.69, 9.17) is 0 Å². The molecule has 0 N–H and O–H groups in total. The molecule has 0 spiro atoms. The maximum atomic E-state index is 2.55. The smallest absolute Gasteiger partial charge is 0.0617 e. The predicted molar refractivity (Wildman–Crippen MR) is 214 cm³/mol. The van der Waals surface area contributed by atoms with Gasteiger partial charge in [-0.15, -0.1) is 0 Å². The van der Waals surface area contributed by atoms with Crippen LogP contribution in [0.15, 0.2) is 158 Å². The fraction of sp³-hybridized carbons (Fsp3) is 0.0612. The molecule has 0 aliphatic heterocycles. The SMILES string of the molecule is C1=Cc2c(n3c4ccccc4c4cc(-c5cccc(-c6cccc(-c7ccc8c9ccccc9c9ccccc9c8c7)c6)c5)cc2c43)CCC1. The van der Waals surface area contributed by atoms with Crippen molar-refractivity contribution in [2.75, 3.05) is 0 Å². The first-order valence-electron chi connectivity index (χ1n) is 17.8. The van der Waals surface area contributed by atoms with E-state index < -0.39 is 0 Å². The molecule has 0 radical (unpaired) electrons. The van der Waals surface area contributed by atoms with Gasteiger partial charge in [-0.05, 0) is 121 Å². The predicted octanol–water partition coefficient (Wildman–Crippen LogP) is 13.5. The van der Waals surface area contributed by atoms with Crippen molar-refractivity contribution in [3.63, 3.8) is 0 Å². The van der Waals surface area contributed by atoms with Gasteiger partial charge in [0.05, 0.1) is 11.0 Å². The Labute approximate surface area is 290 Å². The van der Waals surface area contributed by atoms with Gasteiger partial charge in [-0.2, -0.15) is 0 Å². The molecule has 10 aromatic rings. The number of para-hydroxylation sites is 1. The largest absolute Gasteiger partial charge is 0.312 e. The quantitative estimate of drug-likeness (QED) is 0.170. The van der Waals surface area contributed by atoms with Crippen molar-refractivity contribution in [3.8, 4) is 33.4 Å². The van der Waals surface area contributed by atoms with Gasteiger partial charge < -0.3 is 4.40 Å². The van der Waals surface area contributed by atoms with E-state index >= 15 is 0 Å². The lowest BCUT2D eigenvalue weighted by Crippen LogP contribution is -1.92. The van der Waals surface area contributed by atoms with Crippen molar-refractivity contribution in [2.24, 2.45) is 0 Å². The van der Waals surface area contributed by atoms with E-state index in [0.717, 1.165) is 12.8 Å². The fourth-order valence-corrected chi connectivity index (χ4v) is 8.89. The van der Waals surface area contributed by atoms with Crippen LogP contribution < -0.4 is 0 Å². The average molecular weight is 636 g/mol.